The molecule has 2 aromatic carbocycles. The van der Waals surface area contributed by atoms with Crippen LogP contribution in [0.1, 0.15) is 64.3 Å². The van der Waals surface area contributed by atoms with E-state index in [0.29, 0.717) is 17.0 Å². The predicted molar refractivity (Wildman–Crippen MR) is 146 cm³/mol. The summed E-state index contributed by atoms with van der Waals surface area (Å²) < 4.78 is 10.6. The highest BCUT2D eigenvalue weighted by Crippen LogP contribution is 2.28. The molecule has 37 heavy (non-hydrogen) atoms. The van der Waals surface area contributed by atoms with E-state index in [1.54, 1.807) is 52.1 Å². The van der Waals surface area contributed by atoms with Crippen molar-refractivity contribution in [1.29, 1.82) is 0 Å². The number of carbonyl (C=O) groups is 3. The average Bonchev–Trinajstić information content (AvgIpc) is 2.80. The van der Waals surface area contributed by atoms with Gasteiger partial charge in [-0.3, -0.25) is 9.59 Å². The SMILES string of the molecule is CCN(C(=O)C(NC(=O)OC(C)(C)C)C(C)C)C(C(=O)Nc1ccc(OC)cc1)c1ccc(C)cc1C. The fourth-order valence-corrected chi connectivity index (χ4v) is 4.06. The van der Waals surface area contributed by atoms with Gasteiger partial charge < -0.3 is 25.0 Å². The fraction of sp³-hybridized carbons (Fsp3) is 0.483. The zero-order valence-electron chi connectivity index (χ0n) is 23.5. The van der Waals surface area contributed by atoms with Crippen molar-refractivity contribution in [2.24, 2.45) is 5.92 Å². The van der Waals surface area contributed by atoms with Crippen molar-refractivity contribution >= 4 is 23.6 Å². The molecule has 8 heteroatoms. The highest BCUT2D eigenvalue weighted by Gasteiger charge is 2.37. The number of hydrogen-bond acceptors (Lipinski definition) is 5. The average molecular weight is 512 g/mol. The Hall–Kier alpha value is -3.55. The van der Waals surface area contributed by atoms with Gasteiger partial charge in [-0.25, -0.2) is 4.79 Å². The van der Waals surface area contributed by atoms with E-state index in [-0.39, 0.29) is 24.3 Å². The molecule has 0 aliphatic carbocycles. The van der Waals surface area contributed by atoms with Crippen LogP contribution in [0.2, 0.25) is 0 Å². The molecular formula is C29H41N3O5. The van der Waals surface area contributed by atoms with Gasteiger partial charge in [-0.1, -0.05) is 37.6 Å². The molecule has 2 rings (SSSR count). The summed E-state index contributed by atoms with van der Waals surface area (Å²) in [5.74, 6) is -0.286. The zero-order valence-corrected chi connectivity index (χ0v) is 23.5. The lowest BCUT2D eigenvalue weighted by atomic mass is 9.95. The van der Waals surface area contributed by atoms with Crippen molar-refractivity contribution in [2.75, 3.05) is 19.0 Å². The maximum absolute atomic E-state index is 13.9. The third kappa shape index (κ3) is 8.23. The third-order valence-corrected chi connectivity index (χ3v) is 5.87. The molecule has 0 aromatic heterocycles. The molecule has 0 radical (unpaired) electrons. The van der Waals surface area contributed by atoms with Gasteiger partial charge in [-0.15, -0.1) is 0 Å². The molecule has 202 valence electrons. The number of anilines is 1. The van der Waals surface area contributed by atoms with Gasteiger partial charge in [0, 0.05) is 12.2 Å². The molecule has 0 saturated carbocycles. The van der Waals surface area contributed by atoms with E-state index in [1.807, 2.05) is 52.8 Å². The van der Waals surface area contributed by atoms with Crippen LogP contribution in [0.3, 0.4) is 0 Å². The first-order valence-electron chi connectivity index (χ1n) is 12.6. The number of ether oxygens (including phenoxy) is 2. The summed E-state index contributed by atoms with van der Waals surface area (Å²) in [7, 11) is 1.57. The van der Waals surface area contributed by atoms with E-state index in [1.165, 1.54) is 4.90 Å². The molecule has 0 aliphatic heterocycles. The molecule has 0 spiro atoms. The van der Waals surface area contributed by atoms with Crippen molar-refractivity contribution in [2.45, 2.75) is 73.1 Å². The molecule has 2 aromatic rings. The van der Waals surface area contributed by atoms with Gasteiger partial charge in [0.1, 0.15) is 23.4 Å². The molecule has 2 unspecified atom stereocenters. The molecule has 8 nitrogen and oxygen atoms in total. The number of alkyl carbamates (subject to hydrolysis) is 1. The second-order valence-electron chi connectivity index (χ2n) is 10.5. The fourth-order valence-electron chi connectivity index (χ4n) is 4.06. The highest BCUT2D eigenvalue weighted by atomic mass is 16.6. The number of nitrogens with zero attached hydrogens (tertiary/aromatic N) is 1. The van der Waals surface area contributed by atoms with E-state index < -0.39 is 23.8 Å². The van der Waals surface area contributed by atoms with E-state index in [0.717, 1.165) is 11.1 Å². The third-order valence-electron chi connectivity index (χ3n) is 5.87. The van der Waals surface area contributed by atoms with Crippen LogP contribution in [-0.4, -0.2) is 48.1 Å². The Labute approximate surface area is 220 Å². The number of aryl methyl sites for hydroxylation is 2. The number of carbonyl (C=O) groups excluding carboxylic acids is 3. The van der Waals surface area contributed by atoms with Gasteiger partial charge in [-0.05, 0) is 82.9 Å². The van der Waals surface area contributed by atoms with Crippen molar-refractivity contribution in [3.8, 4) is 5.75 Å². The van der Waals surface area contributed by atoms with Crippen molar-refractivity contribution in [3.63, 3.8) is 0 Å². The summed E-state index contributed by atoms with van der Waals surface area (Å²) in [6, 6.07) is 11.0. The maximum atomic E-state index is 13.9. The standard InChI is InChI=1S/C29H41N3O5/c1-10-32(27(34)24(18(2)3)31-28(35)37-29(6,7)8)25(23-16-11-19(4)17-20(23)5)26(33)30-21-12-14-22(36-9)15-13-21/h11-18,24-25H,10H2,1-9H3,(H,30,33)(H,31,35). The Morgan fingerprint density at radius 1 is 1.00 bits per heavy atom. The first-order chi connectivity index (χ1) is 17.3. The molecule has 0 heterocycles. The molecule has 0 fully saturated rings. The van der Waals surface area contributed by atoms with Crippen molar-refractivity contribution < 1.29 is 23.9 Å². The summed E-state index contributed by atoms with van der Waals surface area (Å²) >= 11 is 0. The number of nitrogens with one attached hydrogen (secondary N) is 2. The molecule has 2 N–H and O–H groups in total. The quantitative estimate of drug-likeness (QED) is 0.471. The number of hydrogen-bond donors (Lipinski definition) is 2. The summed E-state index contributed by atoms with van der Waals surface area (Å²) in [6.45, 7) is 14.9. The van der Waals surface area contributed by atoms with Crippen LogP contribution in [-0.2, 0) is 14.3 Å². The summed E-state index contributed by atoms with van der Waals surface area (Å²) in [5.41, 5.74) is 2.53. The second kappa shape index (κ2) is 12.6. The number of benzene rings is 2. The first kappa shape index (κ1) is 29.7. The molecule has 0 saturated heterocycles. The lowest BCUT2D eigenvalue weighted by molar-refractivity contribution is -0.141. The normalized spacial score (nSPS) is 12.9. The Balaban J connectivity index is 2.47. The number of amides is 3. The largest absolute Gasteiger partial charge is 0.497 e. The monoisotopic (exact) mass is 511 g/mol. The minimum atomic E-state index is -0.915. The van der Waals surface area contributed by atoms with E-state index in [9.17, 15) is 14.4 Å². The number of rotatable bonds is 9. The van der Waals surface area contributed by atoms with Crippen LogP contribution in [0.25, 0.3) is 0 Å². The Kier molecular flexibility index (Phi) is 10.1. The van der Waals surface area contributed by atoms with E-state index in [4.69, 9.17) is 9.47 Å². The Bertz CT molecular complexity index is 1090. The lowest BCUT2D eigenvalue weighted by Gasteiger charge is -2.35. The van der Waals surface area contributed by atoms with Gasteiger partial charge in [0.15, 0.2) is 0 Å². The van der Waals surface area contributed by atoms with Crippen LogP contribution in [0.4, 0.5) is 10.5 Å². The van der Waals surface area contributed by atoms with E-state index >= 15 is 0 Å². The van der Waals surface area contributed by atoms with Gasteiger partial charge in [0.2, 0.25) is 5.91 Å². The second-order valence-corrected chi connectivity index (χ2v) is 10.5. The maximum Gasteiger partial charge on any atom is 0.408 e. The van der Waals surface area contributed by atoms with E-state index in [2.05, 4.69) is 10.6 Å². The van der Waals surface area contributed by atoms with Gasteiger partial charge in [0.25, 0.3) is 5.91 Å². The molecule has 0 aliphatic rings. The van der Waals surface area contributed by atoms with Crippen LogP contribution in [0.15, 0.2) is 42.5 Å². The topological polar surface area (TPSA) is 97.0 Å². The van der Waals surface area contributed by atoms with Crippen LogP contribution >= 0.6 is 0 Å². The van der Waals surface area contributed by atoms with Crippen LogP contribution in [0, 0.1) is 19.8 Å². The van der Waals surface area contributed by atoms with Gasteiger partial charge in [0.05, 0.1) is 7.11 Å². The number of likely N-dealkylation sites (N-methyl/N-ethyl adjacent to an activating group) is 1. The summed E-state index contributed by atoms with van der Waals surface area (Å²) in [5, 5.41) is 5.66. The summed E-state index contributed by atoms with van der Waals surface area (Å²) in [6.07, 6.45) is -0.679. The minimum Gasteiger partial charge on any atom is -0.497 e. The Morgan fingerprint density at radius 3 is 2.11 bits per heavy atom. The van der Waals surface area contributed by atoms with Gasteiger partial charge in [-0.2, -0.15) is 0 Å². The van der Waals surface area contributed by atoms with Crippen LogP contribution in [0.5, 0.6) is 5.75 Å². The smallest absolute Gasteiger partial charge is 0.408 e. The predicted octanol–water partition coefficient (Wildman–Crippen LogP) is 5.39. The van der Waals surface area contributed by atoms with Crippen molar-refractivity contribution in [1.82, 2.24) is 10.2 Å². The van der Waals surface area contributed by atoms with Gasteiger partial charge >= 0.3 is 6.09 Å². The summed E-state index contributed by atoms with van der Waals surface area (Å²) in [4.78, 5) is 41.7. The number of methoxy groups -OCH3 is 1. The van der Waals surface area contributed by atoms with Crippen molar-refractivity contribution in [3.05, 3.63) is 59.2 Å². The molecule has 0 bridgehead atoms. The molecule has 3 amide bonds. The molecule has 2 atom stereocenters. The zero-order chi connectivity index (χ0) is 27.9. The Morgan fingerprint density at radius 2 is 1.62 bits per heavy atom. The molecular weight excluding hydrogens is 470 g/mol. The first-order valence-corrected chi connectivity index (χ1v) is 12.6. The highest BCUT2D eigenvalue weighted by molar-refractivity contribution is 5.99. The lowest BCUT2D eigenvalue weighted by Crippen LogP contribution is -2.54. The van der Waals surface area contributed by atoms with Crippen LogP contribution < -0.4 is 15.4 Å². The minimum absolute atomic E-state index is 0.238.